The molecule has 0 bridgehead atoms. The molecule has 1 amide bonds. The topological polar surface area (TPSA) is 69.0 Å². The maximum Gasteiger partial charge on any atom is 0.253 e. The van der Waals surface area contributed by atoms with Crippen LogP contribution in [-0.2, 0) is 7.05 Å². The summed E-state index contributed by atoms with van der Waals surface area (Å²) in [6, 6.07) is 5.77. The number of ether oxygens (including phenoxy) is 1. The highest BCUT2D eigenvalue weighted by Crippen LogP contribution is 2.36. The number of amides is 1. The van der Waals surface area contributed by atoms with Crippen LogP contribution in [0.5, 0.6) is 5.75 Å². The van der Waals surface area contributed by atoms with E-state index in [1.807, 2.05) is 32.3 Å². The molecule has 0 spiro atoms. The first kappa shape index (κ1) is 16.3. The van der Waals surface area contributed by atoms with Crippen LogP contribution in [0.1, 0.15) is 33.1 Å². The van der Waals surface area contributed by atoms with E-state index < -0.39 is 0 Å². The minimum Gasteiger partial charge on any atom is -0.490 e. The summed E-state index contributed by atoms with van der Waals surface area (Å²) in [5, 5.41) is 7.22. The maximum absolute atomic E-state index is 12.7. The molecule has 6 heteroatoms. The lowest BCUT2D eigenvalue weighted by Crippen LogP contribution is -2.29. The Labute approximate surface area is 151 Å². The zero-order chi connectivity index (χ0) is 18.3. The van der Waals surface area contributed by atoms with Gasteiger partial charge < -0.3 is 10.1 Å². The quantitative estimate of drug-likeness (QED) is 0.790. The molecule has 132 valence electrons. The normalized spacial score (nSPS) is 15.4. The summed E-state index contributed by atoms with van der Waals surface area (Å²) in [5.74, 6) is 0.723. The fourth-order valence-electron chi connectivity index (χ4n) is 3.19. The highest BCUT2D eigenvalue weighted by molar-refractivity contribution is 5.95. The van der Waals surface area contributed by atoms with Gasteiger partial charge >= 0.3 is 0 Å². The van der Waals surface area contributed by atoms with E-state index in [9.17, 15) is 4.79 Å². The van der Waals surface area contributed by atoms with E-state index in [0.29, 0.717) is 12.2 Å². The first-order chi connectivity index (χ1) is 12.5. The third-order valence-corrected chi connectivity index (χ3v) is 4.82. The molecule has 6 nitrogen and oxygen atoms in total. The van der Waals surface area contributed by atoms with Crippen LogP contribution >= 0.6 is 0 Å². The van der Waals surface area contributed by atoms with Crippen LogP contribution in [0.25, 0.3) is 11.1 Å². The van der Waals surface area contributed by atoms with Crippen LogP contribution < -0.4 is 10.1 Å². The Bertz CT molecular complexity index is 993. The molecule has 26 heavy (non-hydrogen) atoms. The van der Waals surface area contributed by atoms with Gasteiger partial charge in [0.1, 0.15) is 12.4 Å². The second-order valence-electron chi connectivity index (χ2n) is 6.63. The molecule has 0 unspecified atom stereocenters. The number of hydrogen-bond donors (Lipinski definition) is 1. The molecule has 1 aliphatic rings. The highest BCUT2D eigenvalue weighted by Gasteiger charge is 2.27. The highest BCUT2D eigenvalue weighted by atomic mass is 16.5. The lowest BCUT2D eigenvalue weighted by Gasteiger charge is -2.12. The lowest BCUT2D eigenvalue weighted by atomic mass is 10.0. The van der Waals surface area contributed by atoms with Crippen molar-refractivity contribution in [2.75, 3.05) is 6.61 Å². The lowest BCUT2D eigenvalue weighted by molar-refractivity contribution is 0.0930. The molecule has 0 aliphatic carbocycles. The standard InChI is InChI=1S/C20H20N4O2/c1-12-4-5-17-18(11-26-19(17)13(12)2)23-20(25)15-6-14(7-21-8-15)16-9-22-24(3)10-16/h4-10,18H,11H2,1-3H3,(H,23,25)/t18-/m0/s1. The Balaban J connectivity index is 1.56. The van der Waals surface area contributed by atoms with Gasteiger partial charge in [-0.15, -0.1) is 0 Å². The molecule has 3 aromatic rings. The SMILES string of the molecule is Cc1ccc2c(c1C)OC[C@@H]2NC(=O)c1cncc(-c2cnn(C)c2)c1. The summed E-state index contributed by atoms with van der Waals surface area (Å²) >= 11 is 0. The van der Waals surface area contributed by atoms with Crippen LogP contribution in [-0.4, -0.2) is 27.3 Å². The van der Waals surface area contributed by atoms with E-state index in [4.69, 9.17) is 4.74 Å². The molecule has 0 fully saturated rings. The van der Waals surface area contributed by atoms with Gasteiger partial charge in [0.25, 0.3) is 5.91 Å². The van der Waals surface area contributed by atoms with Crippen LogP contribution in [0.4, 0.5) is 0 Å². The molecule has 2 aromatic heterocycles. The Morgan fingerprint density at radius 2 is 2.08 bits per heavy atom. The van der Waals surface area contributed by atoms with E-state index >= 15 is 0 Å². The Hall–Kier alpha value is -3.15. The number of hydrogen-bond acceptors (Lipinski definition) is 4. The third kappa shape index (κ3) is 2.83. The number of rotatable bonds is 3. The van der Waals surface area contributed by atoms with Crippen LogP contribution in [0.3, 0.4) is 0 Å². The molecule has 0 radical (unpaired) electrons. The van der Waals surface area contributed by atoms with Crippen LogP contribution in [0, 0.1) is 13.8 Å². The van der Waals surface area contributed by atoms with Crippen molar-refractivity contribution < 1.29 is 9.53 Å². The molecule has 3 heterocycles. The number of aromatic nitrogens is 3. The van der Waals surface area contributed by atoms with E-state index in [2.05, 4.69) is 28.4 Å². The van der Waals surface area contributed by atoms with Gasteiger partial charge in [-0.3, -0.25) is 14.5 Å². The molecule has 1 aliphatic heterocycles. The van der Waals surface area contributed by atoms with Crippen molar-refractivity contribution in [2.45, 2.75) is 19.9 Å². The van der Waals surface area contributed by atoms with Gasteiger partial charge in [0.2, 0.25) is 0 Å². The number of aryl methyl sites for hydroxylation is 2. The van der Waals surface area contributed by atoms with Gasteiger partial charge in [-0.05, 0) is 31.0 Å². The van der Waals surface area contributed by atoms with Gasteiger partial charge in [-0.25, -0.2) is 0 Å². The minimum absolute atomic E-state index is 0.154. The van der Waals surface area contributed by atoms with Crippen molar-refractivity contribution in [3.8, 4) is 16.9 Å². The van der Waals surface area contributed by atoms with E-state index in [1.165, 1.54) is 5.56 Å². The molecular formula is C20H20N4O2. The van der Waals surface area contributed by atoms with Gasteiger partial charge in [0.05, 0.1) is 17.8 Å². The summed E-state index contributed by atoms with van der Waals surface area (Å²) in [6.45, 7) is 4.54. The maximum atomic E-state index is 12.7. The molecule has 1 aromatic carbocycles. The van der Waals surface area contributed by atoms with Gasteiger partial charge in [-0.1, -0.05) is 12.1 Å². The average molecular weight is 348 g/mol. The van der Waals surface area contributed by atoms with E-state index in [0.717, 1.165) is 28.0 Å². The number of nitrogens with one attached hydrogen (secondary N) is 1. The van der Waals surface area contributed by atoms with Crippen molar-refractivity contribution in [2.24, 2.45) is 7.05 Å². The summed E-state index contributed by atoms with van der Waals surface area (Å²) < 4.78 is 7.54. The Morgan fingerprint density at radius 3 is 2.85 bits per heavy atom. The molecule has 1 atom stereocenters. The van der Waals surface area contributed by atoms with Crippen molar-refractivity contribution in [3.63, 3.8) is 0 Å². The largest absolute Gasteiger partial charge is 0.490 e. The number of fused-ring (bicyclic) bond motifs is 1. The van der Waals surface area contributed by atoms with E-state index in [1.54, 1.807) is 23.3 Å². The predicted octanol–water partition coefficient (Wildman–Crippen LogP) is 2.96. The third-order valence-electron chi connectivity index (χ3n) is 4.82. The van der Waals surface area contributed by atoms with Crippen molar-refractivity contribution in [1.82, 2.24) is 20.1 Å². The van der Waals surface area contributed by atoms with Crippen molar-refractivity contribution in [1.29, 1.82) is 0 Å². The van der Waals surface area contributed by atoms with Gasteiger partial charge in [0, 0.05) is 42.3 Å². The zero-order valence-corrected chi connectivity index (χ0v) is 15.0. The second kappa shape index (κ2) is 6.29. The number of carbonyl (C=O) groups excluding carboxylic acids is 1. The smallest absolute Gasteiger partial charge is 0.253 e. The molecular weight excluding hydrogens is 328 g/mol. The van der Waals surface area contributed by atoms with Crippen LogP contribution in [0.15, 0.2) is 43.0 Å². The number of nitrogens with zero attached hydrogens (tertiary/aromatic N) is 3. The van der Waals surface area contributed by atoms with Crippen molar-refractivity contribution in [3.05, 3.63) is 65.2 Å². The Kier molecular flexibility index (Phi) is 3.95. The monoisotopic (exact) mass is 348 g/mol. The molecule has 0 saturated heterocycles. The predicted molar refractivity (Wildman–Crippen MR) is 98.1 cm³/mol. The summed E-state index contributed by atoms with van der Waals surface area (Å²) in [5.41, 5.74) is 5.64. The summed E-state index contributed by atoms with van der Waals surface area (Å²) in [4.78, 5) is 16.9. The summed E-state index contributed by atoms with van der Waals surface area (Å²) in [6.07, 6.45) is 6.95. The zero-order valence-electron chi connectivity index (χ0n) is 15.0. The van der Waals surface area contributed by atoms with Crippen LogP contribution in [0.2, 0.25) is 0 Å². The fraction of sp³-hybridized carbons (Fsp3) is 0.250. The fourth-order valence-corrected chi connectivity index (χ4v) is 3.19. The number of carbonyl (C=O) groups is 1. The average Bonchev–Trinajstić information content (AvgIpc) is 3.25. The summed E-state index contributed by atoms with van der Waals surface area (Å²) in [7, 11) is 1.86. The van der Waals surface area contributed by atoms with Crippen molar-refractivity contribution >= 4 is 5.91 Å². The van der Waals surface area contributed by atoms with Gasteiger partial charge in [-0.2, -0.15) is 5.10 Å². The number of benzene rings is 1. The molecule has 1 N–H and O–H groups in total. The first-order valence-electron chi connectivity index (χ1n) is 8.51. The number of pyridine rings is 1. The first-order valence-corrected chi connectivity index (χ1v) is 8.51. The molecule has 0 saturated carbocycles. The Morgan fingerprint density at radius 1 is 1.23 bits per heavy atom. The molecule has 4 rings (SSSR count). The van der Waals surface area contributed by atoms with Gasteiger partial charge in [0.15, 0.2) is 0 Å². The second-order valence-corrected chi connectivity index (χ2v) is 6.63. The van der Waals surface area contributed by atoms with E-state index in [-0.39, 0.29) is 11.9 Å². The minimum atomic E-state index is -0.164.